The van der Waals surface area contributed by atoms with Crippen molar-refractivity contribution >= 4 is 33.1 Å². The molecule has 0 saturated carbocycles. The SMILES string of the molecule is NC(=O)C1CCCCN1S(=O)(=O)c1ccc(C(N)=S)cc1. The maximum absolute atomic E-state index is 12.6. The number of hydrogen-bond acceptors (Lipinski definition) is 4. The summed E-state index contributed by atoms with van der Waals surface area (Å²) in [5.74, 6) is -0.613. The second-order valence-corrected chi connectivity index (χ2v) is 7.25. The highest BCUT2D eigenvalue weighted by Crippen LogP contribution is 2.25. The number of carbonyl (C=O) groups excluding carboxylic acids is 1. The zero-order valence-corrected chi connectivity index (χ0v) is 13.0. The van der Waals surface area contributed by atoms with Gasteiger partial charge in [-0.15, -0.1) is 0 Å². The number of piperidine rings is 1. The lowest BCUT2D eigenvalue weighted by Crippen LogP contribution is -2.50. The van der Waals surface area contributed by atoms with Gasteiger partial charge in [-0.1, -0.05) is 30.8 Å². The smallest absolute Gasteiger partial charge is 0.243 e. The molecule has 1 aliphatic heterocycles. The van der Waals surface area contributed by atoms with Crippen LogP contribution in [0.3, 0.4) is 0 Å². The van der Waals surface area contributed by atoms with Crippen LogP contribution in [0, 0.1) is 0 Å². The molecule has 1 aromatic carbocycles. The Bertz CT molecular complexity index is 656. The minimum absolute atomic E-state index is 0.107. The van der Waals surface area contributed by atoms with Gasteiger partial charge in [0, 0.05) is 12.1 Å². The van der Waals surface area contributed by atoms with Crippen LogP contribution in [0.1, 0.15) is 24.8 Å². The van der Waals surface area contributed by atoms with Gasteiger partial charge in [0.15, 0.2) is 0 Å². The van der Waals surface area contributed by atoms with Crippen LogP contribution >= 0.6 is 12.2 Å². The fraction of sp³-hybridized carbons (Fsp3) is 0.385. The Labute approximate surface area is 129 Å². The van der Waals surface area contributed by atoms with Gasteiger partial charge in [0.2, 0.25) is 15.9 Å². The molecule has 0 bridgehead atoms. The van der Waals surface area contributed by atoms with E-state index in [1.807, 2.05) is 0 Å². The molecule has 2 rings (SSSR count). The Morgan fingerprint density at radius 2 is 1.81 bits per heavy atom. The molecule has 1 fully saturated rings. The van der Waals surface area contributed by atoms with Crippen LogP contribution in [0.15, 0.2) is 29.2 Å². The quantitative estimate of drug-likeness (QED) is 0.776. The number of amides is 1. The number of hydrogen-bond donors (Lipinski definition) is 2. The number of sulfonamides is 1. The van der Waals surface area contributed by atoms with Gasteiger partial charge < -0.3 is 11.5 Å². The zero-order chi connectivity index (χ0) is 15.6. The van der Waals surface area contributed by atoms with Gasteiger partial charge >= 0.3 is 0 Å². The van der Waals surface area contributed by atoms with Crippen molar-refractivity contribution in [3.8, 4) is 0 Å². The molecule has 0 aromatic heterocycles. The minimum atomic E-state index is -3.75. The molecule has 1 amide bonds. The van der Waals surface area contributed by atoms with Crippen LogP contribution in [0.2, 0.25) is 0 Å². The monoisotopic (exact) mass is 327 g/mol. The lowest BCUT2D eigenvalue weighted by Gasteiger charge is -2.32. The first-order valence-corrected chi connectivity index (χ1v) is 8.40. The Morgan fingerprint density at radius 1 is 1.19 bits per heavy atom. The Morgan fingerprint density at radius 3 is 2.33 bits per heavy atom. The summed E-state index contributed by atoms with van der Waals surface area (Å²) in [5.41, 5.74) is 11.4. The molecule has 0 radical (unpaired) electrons. The highest BCUT2D eigenvalue weighted by Gasteiger charge is 2.36. The summed E-state index contributed by atoms with van der Waals surface area (Å²) in [7, 11) is -3.75. The number of nitrogens with zero attached hydrogens (tertiary/aromatic N) is 1. The first-order chi connectivity index (χ1) is 9.84. The van der Waals surface area contributed by atoms with Crippen LogP contribution in [-0.4, -0.2) is 36.2 Å². The van der Waals surface area contributed by atoms with Gasteiger partial charge in [-0.25, -0.2) is 8.42 Å². The Balaban J connectivity index is 2.35. The van der Waals surface area contributed by atoms with E-state index in [0.29, 0.717) is 24.9 Å². The van der Waals surface area contributed by atoms with Crippen molar-refractivity contribution in [2.24, 2.45) is 11.5 Å². The summed E-state index contributed by atoms with van der Waals surface area (Å²) in [4.78, 5) is 11.8. The van der Waals surface area contributed by atoms with Crippen molar-refractivity contribution in [3.63, 3.8) is 0 Å². The molecule has 21 heavy (non-hydrogen) atoms. The van der Waals surface area contributed by atoms with E-state index in [0.717, 1.165) is 6.42 Å². The summed E-state index contributed by atoms with van der Waals surface area (Å²) < 4.78 is 26.5. The number of rotatable bonds is 4. The third-order valence-corrected chi connectivity index (χ3v) is 5.69. The highest BCUT2D eigenvalue weighted by atomic mass is 32.2. The molecule has 1 atom stereocenters. The number of benzene rings is 1. The molecule has 8 heteroatoms. The molecule has 1 saturated heterocycles. The van der Waals surface area contributed by atoms with Crippen LogP contribution in [-0.2, 0) is 14.8 Å². The summed E-state index contributed by atoms with van der Waals surface area (Å²) in [6, 6.07) is 5.21. The van der Waals surface area contributed by atoms with E-state index in [9.17, 15) is 13.2 Å². The standard InChI is InChI=1S/C13H17N3O3S2/c14-12(17)11-3-1-2-8-16(11)21(18,19)10-6-4-9(5-7-10)13(15)20/h4-7,11H,1-3,8H2,(H2,14,17)(H2,15,20). The first-order valence-electron chi connectivity index (χ1n) is 6.55. The molecule has 114 valence electrons. The molecule has 0 spiro atoms. The number of thiocarbonyl (C=S) groups is 1. The van der Waals surface area contributed by atoms with Gasteiger partial charge in [-0.3, -0.25) is 4.79 Å². The second kappa shape index (κ2) is 6.08. The predicted molar refractivity (Wildman–Crippen MR) is 83.1 cm³/mol. The topological polar surface area (TPSA) is 106 Å². The van der Waals surface area contributed by atoms with Crippen molar-refractivity contribution in [1.29, 1.82) is 0 Å². The minimum Gasteiger partial charge on any atom is -0.389 e. The number of primary amides is 1. The van der Waals surface area contributed by atoms with Gasteiger partial charge in [0.25, 0.3) is 0 Å². The predicted octanol–water partition coefficient (Wildman–Crippen LogP) is 0.349. The molecular formula is C13H17N3O3S2. The van der Waals surface area contributed by atoms with E-state index in [-0.39, 0.29) is 9.88 Å². The van der Waals surface area contributed by atoms with E-state index in [4.69, 9.17) is 23.7 Å². The zero-order valence-electron chi connectivity index (χ0n) is 11.4. The van der Waals surface area contributed by atoms with Crippen molar-refractivity contribution in [1.82, 2.24) is 4.31 Å². The summed E-state index contributed by atoms with van der Waals surface area (Å²) in [6.45, 7) is 0.299. The fourth-order valence-electron chi connectivity index (χ4n) is 2.40. The molecule has 0 aliphatic carbocycles. The third-order valence-electron chi connectivity index (χ3n) is 3.53. The average Bonchev–Trinajstić information content (AvgIpc) is 2.47. The van der Waals surface area contributed by atoms with E-state index in [1.54, 1.807) is 12.1 Å². The van der Waals surface area contributed by atoms with Crippen LogP contribution in [0.5, 0.6) is 0 Å². The normalized spacial score (nSPS) is 20.1. The maximum atomic E-state index is 12.6. The van der Waals surface area contributed by atoms with Gasteiger partial charge in [-0.2, -0.15) is 4.31 Å². The molecule has 1 aliphatic rings. The van der Waals surface area contributed by atoms with E-state index in [1.165, 1.54) is 16.4 Å². The third kappa shape index (κ3) is 3.22. The van der Waals surface area contributed by atoms with Crippen molar-refractivity contribution < 1.29 is 13.2 Å². The molecular weight excluding hydrogens is 310 g/mol. The van der Waals surface area contributed by atoms with Crippen molar-refractivity contribution in [2.45, 2.75) is 30.2 Å². The lowest BCUT2D eigenvalue weighted by molar-refractivity contribution is -0.122. The van der Waals surface area contributed by atoms with Crippen LogP contribution < -0.4 is 11.5 Å². The first kappa shape index (κ1) is 15.9. The van der Waals surface area contributed by atoms with Gasteiger partial charge in [0.05, 0.1) is 4.90 Å². The molecule has 1 aromatic rings. The van der Waals surface area contributed by atoms with Gasteiger partial charge in [0.1, 0.15) is 11.0 Å². The number of nitrogens with two attached hydrogens (primary N) is 2. The summed E-state index contributed by atoms with van der Waals surface area (Å²) in [5, 5.41) is 0. The van der Waals surface area contributed by atoms with E-state index in [2.05, 4.69) is 0 Å². The second-order valence-electron chi connectivity index (χ2n) is 4.92. The summed E-state index contributed by atoms with van der Waals surface area (Å²) in [6.07, 6.45) is 1.97. The highest BCUT2D eigenvalue weighted by molar-refractivity contribution is 7.89. The van der Waals surface area contributed by atoms with E-state index < -0.39 is 22.0 Å². The largest absolute Gasteiger partial charge is 0.389 e. The Hall–Kier alpha value is -1.51. The maximum Gasteiger partial charge on any atom is 0.243 e. The van der Waals surface area contributed by atoms with E-state index >= 15 is 0 Å². The Kier molecular flexibility index (Phi) is 4.60. The fourth-order valence-corrected chi connectivity index (χ4v) is 4.20. The molecule has 6 nitrogen and oxygen atoms in total. The lowest BCUT2D eigenvalue weighted by atomic mass is 10.0. The number of carbonyl (C=O) groups is 1. The average molecular weight is 327 g/mol. The molecule has 4 N–H and O–H groups in total. The molecule has 1 heterocycles. The van der Waals surface area contributed by atoms with Crippen LogP contribution in [0.25, 0.3) is 0 Å². The van der Waals surface area contributed by atoms with Crippen molar-refractivity contribution in [2.75, 3.05) is 6.54 Å². The van der Waals surface area contributed by atoms with Crippen molar-refractivity contribution in [3.05, 3.63) is 29.8 Å². The van der Waals surface area contributed by atoms with Crippen LogP contribution in [0.4, 0.5) is 0 Å². The molecule has 1 unspecified atom stereocenters. The van der Waals surface area contributed by atoms with Gasteiger partial charge in [-0.05, 0) is 25.0 Å². The summed E-state index contributed by atoms with van der Waals surface area (Å²) >= 11 is 4.83.